The molecule has 28 heavy (non-hydrogen) atoms. The highest BCUT2D eigenvalue weighted by molar-refractivity contribution is 5.82. The molecule has 0 bridgehead atoms. The smallest absolute Gasteiger partial charge is 0.283 e. The first kappa shape index (κ1) is 17.8. The summed E-state index contributed by atoms with van der Waals surface area (Å²) in [5, 5.41) is 4.97. The lowest BCUT2D eigenvalue weighted by Gasteiger charge is -2.26. The predicted molar refractivity (Wildman–Crippen MR) is 104 cm³/mol. The van der Waals surface area contributed by atoms with Gasteiger partial charge in [-0.05, 0) is 26.0 Å². The van der Waals surface area contributed by atoms with Crippen LogP contribution in [0.1, 0.15) is 19.7 Å². The number of hydrogen-bond donors (Lipinski definition) is 2. The second-order valence-corrected chi connectivity index (χ2v) is 6.09. The molecule has 0 aliphatic heterocycles. The van der Waals surface area contributed by atoms with Gasteiger partial charge in [-0.25, -0.2) is 29.0 Å². The minimum atomic E-state index is -0.578. The quantitative estimate of drug-likeness (QED) is 0.524. The lowest BCUT2D eigenvalue weighted by molar-refractivity contribution is 0.563. The predicted octanol–water partition coefficient (Wildman–Crippen LogP) is 1.79. The zero-order chi connectivity index (χ0) is 19.7. The molecule has 0 atom stereocenters. The number of fused-ring (bicyclic) bond motifs is 2. The monoisotopic (exact) mass is 382 g/mol. The summed E-state index contributed by atoms with van der Waals surface area (Å²) in [5.74, 6) is 0.422. The fraction of sp³-hybridized carbons (Fsp3) is 0.278. The third-order valence-corrected chi connectivity index (χ3v) is 4.54. The number of nitrogens with zero attached hydrogens (tertiary/aromatic N) is 6. The number of imidazole rings is 1. The minimum Gasteiger partial charge on any atom is -0.361 e. The maximum atomic E-state index is 14.3. The molecule has 0 radical (unpaired) electrons. The van der Waals surface area contributed by atoms with Crippen LogP contribution < -0.4 is 15.9 Å². The number of halogens is 1. The molecule has 0 spiro atoms. The highest BCUT2D eigenvalue weighted by Gasteiger charge is 2.18. The van der Waals surface area contributed by atoms with Crippen LogP contribution in [0.25, 0.3) is 22.1 Å². The van der Waals surface area contributed by atoms with E-state index in [-0.39, 0.29) is 11.9 Å². The van der Waals surface area contributed by atoms with Crippen molar-refractivity contribution in [1.82, 2.24) is 29.6 Å². The molecular weight excluding hydrogens is 363 g/mol. The van der Waals surface area contributed by atoms with Crippen LogP contribution in [0.5, 0.6) is 0 Å². The third-order valence-electron chi connectivity index (χ3n) is 4.54. The van der Waals surface area contributed by atoms with Gasteiger partial charge in [0, 0.05) is 13.1 Å². The normalized spacial score (nSPS) is 11.2. The van der Waals surface area contributed by atoms with E-state index in [2.05, 4.69) is 30.2 Å². The summed E-state index contributed by atoms with van der Waals surface area (Å²) >= 11 is 0. The van der Waals surface area contributed by atoms with E-state index in [0.717, 1.165) is 0 Å². The third kappa shape index (κ3) is 2.92. The molecule has 0 saturated carbocycles. The molecule has 2 N–H and O–H groups in total. The fourth-order valence-corrected chi connectivity index (χ4v) is 3.20. The molecule has 0 aliphatic rings. The Hall–Kier alpha value is -3.56. The van der Waals surface area contributed by atoms with E-state index in [1.165, 1.54) is 23.4 Å². The van der Waals surface area contributed by atoms with Gasteiger partial charge in [0.1, 0.15) is 23.0 Å². The number of H-pyrrole nitrogens is 1. The number of aromatic amines is 1. The van der Waals surface area contributed by atoms with Crippen LogP contribution in [0.4, 0.5) is 10.2 Å². The van der Waals surface area contributed by atoms with E-state index in [0.29, 0.717) is 41.4 Å². The molecule has 0 unspecified atom stereocenters. The number of nitrogens with one attached hydrogen (secondary N) is 2. The van der Waals surface area contributed by atoms with Gasteiger partial charge in [-0.2, -0.15) is 0 Å². The van der Waals surface area contributed by atoms with Gasteiger partial charge >= 0.3 is 0 Å². The summed E-state index contributed by atoms with van der Waals surface area (Å²) in [7, 11) is 0. The summed E-state index contributed by atoms with van der Waals surface area (Å²) in [4.78, 5) is 33.0. The van der Waals surface area contributed by atoms with E-state index >= 15 is 0 Å². The Morgan fingerprint density at radius 3 is 2.82 bits per heavy atom. The van der Waals surface area contributed by atoms with Gasteiger partial charge < -0.3 is 15.3 Å². The van der Waals surface area contributed by atoms with Gasteiger partial charge in [-0.15, -0.1) is 0 Å². The van der Waals surface area contributed by atoms with E-state index in [1.807, 2.05) is 18.9 Å². The molecular formula is C18H19FN8O. The minimum absolute atomic E-state index is 0.0175. The Balaban J connectivity index is 1.82. The molecule has 10 heteroatoms. The fourth-order valence-electron chi connectivity index (χ4n) is 3.20. The van der Waals surface area contributed by atoms with Crippen LogP contribution in [0.2, 0.25) is 0 Å². The Kier molecular flexibility index (Phi) is 4.60. The largest absolute Gasteiger partial charge is 0.361 e. The highest BCUT2D eigenvalue weighted by atomic mass is 19.1. The molecule has 0 amide bonds. The van der Waals surface area contributed by atoms with Gasteiger partial charge in [-0.1, -0.05) is 6.07 Å². The van der Waals surface area contributed by atoms with E-state index in [1.54, 1.807) is 12.1 Å². The molecule has 0 fully saturated rings. The van der Waals surface area contributed by atoms with Crippen LogP contribution in [0.15, 0.2) is 35.6 Å². The van der Waals surface area contributed by atoms with Gasteiger partial charge in [0.25, 0.3) is 5.56 Å². The molecule has 1 aromatic carbocycles. The standard InChI is InChI=1S/C18H19FN8O/c1-3-26(4-2)27-13(25-12-7-5-6-11(19)14(12)18(27)28)8-20-16-15-17(22-9-21-15)24-10-23-16/h5-7,9-10H,3-4,8H2,1-2H3,(H2,20,21,22,23,24). The zero-order valence-electron chi connectivity index (χ0n) is 15.5. The van der Waals surface area contributed by atoms with Crippen molar-refractivity contribution >= 4 is 27.9 Å². The maximum absolute atomic E-state index is 14.3. The second-order valence-electron chi connectivity index (χ2n) is 6.09. The SMILES string of the molecule is CCN(CC)n1c(CNc2ncnc3nc[nH]c23)nc2cccc(F)c2c1=O. The first-order valence-corrected chi connectivity index (χ1v) is 8.97. The average Bonchev–Trinajstić information content (AvgIpc) is 3.18. The van der Waals surface area contributed by atoms with E-state index in [4.69, 9.17) is 0 Å². The van der Waals surface area contributed by atoms with Crippen LogP contribution in [-0.2, 0) is 6.54 Å². The maximum Gasteiger partial charge on any atom is 0.283 e. The summed E-state index contributed by atoms with van der Waals surface area (Å²) in [6.07, 6.45) is 2.94. The van der Waals surface area contributed by atoms with Crippen molar-refractivity contribution in [3.63, 3.8) is 0 Å². The van der Waals surface area contributed by atoms with Gasteiger partial charge in [0.05, 0.1) is 18.4 Å². The molecule has 144 valence electrons. The van der Waals surface area contributed by atoms with Crippen LogP contribution in [-0.4, -0.2) is 42.7 Å². The Morgan fingerprint density at radius 1 is 1.21 bits per heavy atom. The van der Waals surface area contributed by atoms with Gasteiger partial charge in [-0.3, -0.25) is 4.79 Å². The van der Waals surface area contributed by atoms with Crippen LogP contribution in [0.3, 0.4) is 0 Å². The molecule has 9 nitrogen and oxygen atoms in total. The molecule has 0 saturated heterocycles. The van der Waals surface area contributed by atoms with Crippen molar-refractivity contribution < 1.29 is 4.39 Å². The van der Waals surface area contributed by atoms with Crippen molar-refractivity contribution in [1.29, 1.82) is 0 Å². The zero-order valence-corrected chi connectivity index (χ0v) is 15.5. The van der Waals surface area contributed by atoms with Crippen molar-refractivity contribution in [3.05, 3.63) is 52.8 Å². The number of anilines is 1. The number of benzene rings is 1. The number of aromatic nitrogens is 6. The lowest BCUT2D eigenvalue weighted by Crippen LogP contribution is -2.45. The Labute approximate surface area is 159 Å². The van der Waals surface area contributed by atoms with Crippen LogP contribution >= 0.6 is 0 Å². The van der Waals surface area contributed by atoms with Crippen LogP contribution in [0, 0.1) is 5.82 Å². The van der Waals surface area contributed by atoms with Crippen molar-refractivity contribution in [2.75, 3.05) is 23.4 Å². The topological polar surface area (TPSA) is 105 Å². The van der Waals surface area contributed by atoms with E-state index in [9.17, 15) is 9.18 Å². The highest BCUT2D eigenvalue weighted by Crippen LogP contribution is 2.17. The summed E-state index contributed by atoms with van der Waals surface area (Å²) in [6.45, 7) is 5.21. The molecule has 4 rings (SSSR count). The number of rotatable bonds is 6. The van der Waals surface area contributed by atoms with Crippen molar-refractivity contribution in [2.24, 2.45) is 0 Å². The van der Waals surface area contributed by atoms with E-state index < -0.39 is 11.4 Å². The first-order chi connectivity index (χ1) is 13.6. The molecule has 3 heterocycles. The summed E-state index contributed by atoms with van der Waals surface area (Å²) in [6, 6.07) is 4.45. The first-order valence-electron chi connectivity index (χ1n) is 8.97. The lowest BCUT2D eigenvalue weighted by atomic mass is 10.2. The average molecular weight is 382 g/mol. The second kappa shape index (κ2) is 7.22. The summed E-state index contributed by atoms with van der Waals surface area (Å²) < 4.78 is 15.7. The summed E-state index contributed by atoms with van der Waals surface area (Å²) in [5.41, 5.74) is 1.08. The van der Waals surface area contributed by atoms with Crippen molar-refractivity contribution in [3.8, 4) is 0 Å². The van der Waals surface area contributed by atoms with Gasteiger partial charge in [0.15, 0.2) is 17.3 Å². The Bertz CT molecular complexity index is 1200. The number of hydrogen-bond acceptors (Lipinski definition) is 7. The molecule has 4 aromatic rings. The van der Waals surface area contributed by atoms with Gasteiger partial charge in [0.2, 0.25) is 0 Å². The molecule has 3 aromatic heterocycles. The van der Waals surface area contributed by atoms with Crippen molar-refractivity contribution in [2.45, 2.75) is 20.4 Å². The molecule has 0 aliphatic carbocycles. The Morgan fingerprint density at radius 2 is 2.04 bits per heavy atom.